The minimum atomic E-state index is -0.851. The van der Waals surface area contributed by atoms with Gasteiger partial charge in [-0.2, -0.15) is 0 Å². The molecular weight excluding hydrogens is 259 g/mol. The highest BCUT2D eigenvalue weighted by atomic mass is 32.2. The van der Waals surface area contributed by atoms with Crippen LogP contribution in [0.5, 0.6) is 0 Å². The summed E-state index contributed by atoms with van der Waals surface area (Å²) in [5.74, 6) is -0.280. The van der Waals surface area contributed by atoms with E-state index in [2.05, 4.69) is 10.3 Å². The van der Waals surface area contributed by atoms with Gasteiger partial charge < -0.3 is 5.32 Å². The maximum Gasteiger partial charge on any atom is 0.183 e. The van der Waals surface area contributed by atoms with Crippen LogP contribution in [0.25, 0.3) is 10.2 Å². The van der Waals surface area contributed by atoms with Crippen LogP contribution in [0, 0.1) is 5.82 Å². The average molecular weight is 272 g/mol. The number of halogens is 1. The Bertz CT molecular complexity index is 555. The second-order valence-electron chi connectivity index (χ2n) is 3.82. The molecule has 2 aromatic rings. The fraction of sp³-hybridized carbons (Fsp3) is 0.364. The van der Waals surface area contributed by atoms with Crippen molar-refractivity contribution in [3.8, 4) is 0 Å². The number of anilines is 1. The third kappa shape index (κ3) is 3.01. The largest absolute Gasteiger partial charge is 0.360 e. The number of aromatic nitrogens is 1. The molecule has 92 valence electrons. The second-order valence-corrected chi connectivity index (χ2v) is 6.65. The van der Waals surface area contributed by atoms with Crippen molar-refractivity contribution in [1.82, 2.24) is 4.98 Å². The SMILES string of the molecule is CC(CNc1nc2cc(F)ccc2s1)S(C)=O. The molecule has 2 atom stereocenters. The molecule has 17 heavy (non-hydrogen) atoms. The van der Waals surface area contributed by atoms with E-state index in [1.54, 1.807) is 12.3 Å². The van der Waals surface area contributed by atoms with E-state index in [1.807, 2.05) is 6.92 Å². The minimum absolute atomic E-state index is 0.0683. The maximum atomic E-state index is 13.0. The molecule has 2 rings (SSSR count). The van der Waals surface area contributed by atoms with E-state index in [9.17, 15) is 8.60 Å². The molecule has 3 nitrogen and oxygen atoms in total. The molecule has 0 amide bonds. The van der Waals surface area contributed by atoms with Crippen LogP contribution in [0.3, 0.4) is 0 Å². The summed E-state index contributed by atoms with van der Waals surface area (Å²) >= 11 is 1.47. The molecule has 0 spiro atoms. The molecule has 1 heterocycles. The van der Waals surface area contributed by atoms with E-state index in [0.717, 1.165) is 9.83 Å². The van der Waals surface area contributed by atoms with Gasteiger partial charge in [0.2, 0.25) is 0 Å². The van der Waals surface area contributed by atoms with E-state index in [-0.39, 0.29) is 11.1 Å². The smallest absolute Gasteiger partial charge is 0.183 e. The number of hydrogen-bond donors (Lipinski definition) is 1. The fourth-order valence-corrected chi connectivity index (χ4v) is 2.50. The van der Waals surface area contributed by atoms with Gasteiger partial charge in [0.1, 0.15) is 5.82 Å². The number of nitrogens with zero attached hydrogens (tertiary/aromatic N) is 1. The molecule has 0 radical (unpaired) electrons. The molecule has 0 saturated heterocycles. The van der Waals surface area contributed by atoms with Gasteiger partial charge in [0.15, 0.2) is 5.13 Å². The summed E-state index contributed by atoms with van der Waals surface area (Å²) in [4.78, 5) is 4.27. The first-order valence-corrected chi connectivity index (χ1v) is 7.62. The van der Waals surface area contributed by atoms with E-state index >= 15 is 0 Å². The highest BCUT2D eigenvalue weighted by Crippen LogP contribution is 2.26. The van der Waals surface area contributed by atoms with Crippen LogP contribution in [0.1, 0.15) is 6.92 Å². The first kappa shape index (κ1) is 12.4. The lowest BCUT2D eigenvalue weighted by atomic mass is 10.3. The Morgan fingerprint density at radius 3 is 3.06 bits per heavy atom. The number of rotatable bonds is 4. The van der Waals surface area contributed by atoms with Crippen LogP contribution >= 0.6 is 11.3 Å². The first-order chi connectivity index (χ1) is 8.06. The molecule has 0 saturated carbocycles. The number of thiazole rings is 1. The van der Waals surface area contributed by atoms with Crippen molar-refractivity contribution in [1.29, 1.82) is 0 Å². The molecule has 0 aliphatic rings. The van der Waals surface area contributed by atoms with Crippen LogP contribution in [0.15, 0.2) is 18.2 Å². The third-order valence-corrected chi connectivity index (χ3v) is 4.75. The van der Waals surface area contributed by atoms with E-state index in [0.29, 0.717) is 12.1 Å². The Hall–Kier alpha value is -1.01. The van der Waals surface area contributed by atoms with Crippen LogP contribution in [0.2, 0.25) is 0 Å². The number of hydrogen-bond acceptors (Lipinski definition) is 4. The summed E-state index contributed by atoms with van der Waals surface area (Å²) < 4.78 is 25.1. The van der Waals surface area contributed by atoms with Gasteiger partial charge in [0.25, 0.3) is 0 Å². The zero-order chi connectivity index (χ0) is 12.4. The maximum absolute atomic E-state index is 13.0. The number of nitrogens with one attached hydrogen (secondary N) is 1. The van der Waals surface area contributed by atoms with Crippen LogP contribution < -0.4 is 5.32 Å². The Morgan fingerprint density at radius 1 is 1.59 bits per heavy atom. The molecule has 1 aromatic carbocycles. The van der Waals surface area contributed by atoms with Crippen molar-refractivity contribution in [2.75, 3.05) is 18.1 Å². The summed E-state index contributed by atoms with van der Waals surface area (Å²) in [6.45, 7) is 2.52. The van der Waals surface area contributed by atoms with Crippen molar-refractivity contribution in [3.05, 3.63) is 24.0 Å². The summed E-state index contributed by atoms with van der Waals surface area (Å²) in [7, 11) is -0.851. The zero-order valence-electron chi connectivity index (χ0n) is 9.57. The van der Waals surface area contributed by atoms with Crippen LogP contribution in [-0.4, -0.2) is 27.2 Å². The quantitative estimate of drug-likeness (QED) is 0.930. The lowest BCUT2D eigenvalue weighted by Crippen LogP contribution is -2.20. The molecule has 0 aliphatic heterocycles. The van der Waals surface area contributed by atoms with Gasteiger partial charge in [0.05, 0.1) is 10.2 Å². The number of fused-ring (bicyclic) bond motifs is 1. The Morgan fingerprint density at radius 2 is 2.35 bits per heavy atom. The van der Waals surface area contributed by atoms with Crippen molar-refractivity contribution in [2.45, 2.75) is 12.2 Å². The van der Waals surface area contributed by atoms with Gasteiger partial charge in [-0.1, -0.05) is 11.3 Å². The van der Waals surface area contributed by atoms with Crippen molar-refractivity contribution in [2.24, 2.45) is 0 Å². The van der Waals surface area contributed by atoms with Gasteiger partial charge >= 0.3 is 0 Å². The molecule has 2 unspecified atom stereocenters. The molecule has 0 aliphatic carbocycles. The van der Waals surface area contributed by atoms with Crippen molar-refractivity contribution < 1.29 is 8.60 Å². The normalized spacial score (nSPS) is 14.8. The topological polar surface area (TPSA) is 42.0 Å². The third-order valence-electron chi connectivity index (χ3n) is 2.46. The first-order valence-electron chi connectivity index (χ1n) is 5.18. The van der Waals surface area contributed by atoms with Crippen LogP contribution in [0.4, 0.5) is 9.52 Å². The zero-order valence-corrected chi connectivity index (χ0v) is 11.2. The van der Waals surface area contributed by atoms with Crippen molar-refractivity contribution >= 4 is 37.5 Å². The van der Waals surface area contributed by atoms with E-state index in [4.69, 9.17) is 0 Å². The summed E-state index contributed by atoms with van der Waals surface area (Å²) in [6, 6.07) is 4.56. The lowest BCUT2D eigenvalue weighted by molar-refractivity contribution is 0.629. The van der Waals surface area contributed by atoms with Gasteiger partial charge in [-0.25, -0.2) is 9.37 Å². The summed E-state index contributed by atoms with van der Waals surface area (Å²) in [6.07, 6.45) is 1.68. The second kappa shape index (κ2) is 5.10. The molecule has 6 heteroatoms. The monoisotopic (exact) mass is 272 g/mol. The minimum Gasteiger partial charge on any atom is -0.360 e. The Balaban J connectivity index is 2.12. The number of benzene rings is 1. The average Bonchev–Trinajstić information content (AvgIpc) is 2.67. The molecule has 0 fully saturated rings. The van der Waals surface area contributed by atoms with Crippen molar-refractivity contribution in [3.63, 3.8) is 0 Å². The fourth-order valence-electron chi connectivity index (χ4n) is 1.32. The lowest BCUT2D eigenvalue weighted by Gasteiger charge is -2.07. The van der Waals surface area contributed by atoms with Gasteiger partial charge in [-0.15, -0.1) is 0 Å². The molecule has 1 N–H and O–H groups in total. The standard InChI is InChI=1S/C11H13FN2OS2/c1-7(17(2)15)6-13-11-14-9-5-8(12)3-4-10(9)16-11/h3-5,7H,6H2,1-2H3,(H,13,14). The molecule has 1 aromatic heterocycles. The van der Waals surface area contributed by atoms with E-state index in [1.165, 1.54) is 23.5 Å². The highest BCUT2D eigenvalue weighted by molar-refractivity contribution is 7.84. The summed E-state index contributed by atoms with van der Waals surface area (Å²) in [5, 5.41) is 3.93. The van der Waals surface area contributed by atoms with Gasteiger partial charge in [-0.05, 0) is 19.1 Å². The van der Waals surface area contributed by atoms with E-state index < -0.39 is 10.8 Å². The van der Waals surface area contributed by atoms with Gasteiger partial charge in [0, 0.05) is 34.9 Å². The van der Waals surface area contributed by atoms with Gasteiger partial charge in [-0.3, -0.25) is 4.21 Å². The predicted molar refractivity (Wildman–Crippen MR) is 71.6 cm³/mol. The molecular formula is C11H13FN2OS2. The summed E-state index contributed by atoms with van der Waals surface area (Å²) in [5.41, 5.74) is 0.655. The predicted octanol–water partition coefficient (Wildman–Crippen LogP) is 2.61. The highest BCUT2D eigenvalue weighted by Gasteiger charge is 2.08. The van der Waals surface area contributed by atoms with Crippen LogP contribution in [-0.2, 0) is 10.8 Å². The molecule has 0 bridgehead atoms. The Kier molecular flexibility index (Phi) is 3.73. The Labute approximate surface area is 106 Å².